The molecule has 0 saturated heterocycles. The summed E-state index contributed by atoms with van der Waals surface area (Å²) < 4.78 is 0. The third-order valence-electron chi connectivity index (χ3n) is 7.00. The standard InChI is InChI=1S/2C15H16P.2ClH.Zr/c2*1-2-6-12(7-3-1)14-10-11-15(16-14)13-8-4-5-9-13;;;/h2*1-3,6-7,11,13,16H,4-5,8-9H2;2*1H;/q2*-1;;;+4/p-2. The summed E-state index contributed by atoms with van der Waals surface area (Å²) in [7, 11) is 1.74. The van der Waals surface area contributed by atoms with Crippen LogP contribution in [0.4, 0.5) is 0 Å². The number of halogens is 2. The van der Waals surface area contributed by atoms with Gasteiger partial charge in [-0.1, -0.05) is 99.6 Å². The van der Waals surface area contributed by atoms with Gasteiger partial charge in [0, 0.05) is 0 Å². The van der Waals surface area contributed by atoms with Crippen LogP contribution >= 0.6 is 16.4 Å². The second-order valence-electron chi connectivity index (χ2n) is 9.18. The van der Waals surface area contributed by atoms with Crippen LogP contribution < -0.4 is 24.8 Å². The Morgan fingerprint density at radius 1 is 0.543 bits per heavy atom. The van der Waals surface area contributed by atoms with Crippen molar-refractivity contribution in [1.82, 2.24) is 0 Å². The Labute approximate surface area is 246 Å². The maximum absolute atomic E-state index is 3.47. The van der Waals surface area contributed by atoms with Gasteiger partial charge in [-0.05, 0) is 0 Å². The number of hydrogen-bond acceptors (Lipinski definition) is 0. The molecule has 2 fully saturated rings. The van der Waals surface area contributed by atoms with Crippen molar-refractivity contribution in [2.45, 2.75) is 63.2 Å². The first-order valence-electron chi connectivity index (χ1n) is 12.2. The molecular formula is C30H32Cl2P2Zr. The van der Waals surface area contributed by atoms with Crippen molar-refractivity contribution in [1.29, 1.82) is 0 Å². The summed E-state index contributed by atoms with van der Waals surface area (Å²) >= 11 is 0. The molecule has 2 aliphatic carbocycles. The van der Waals surface area contributed by atoms with Crippen LogP contribution in [0.25, 0.3) is 21.7 Å². The Bertz CT molecular complexity index is 1010. The van der Waals surface area contributed by atoms with E-state index in [0.29, 0.717) is 0 Å². The maximum atomic E-state index is 3.47. The molecule has 2 aromatic heterocycles. The van der Waals surface area contributed by atoms with Gasteiger partial charge in [0.15, 0.2) is 0 Å². The minimum atomic E-state index is 0. The Morgan fingerprint density at radius 2 is 0.886 bits per heavy atom. The molecule has 0 amide bonds. The molecule has 0 bridgehead atoms. The van der Waals surface area contributed by atoms with Crippen molar-refractivity contribution in [2.24, 2.45) is 0 Å². The summed E-state index contributed by atoms with van der Waals surface area (Å²) in [5, 5.41) is 6.11. The minimum absolute atomic E-state index is 0. The first kappa shape index (κ1) is 30.7. The zero-order chi connectivity index (χ0) is 21.6. The van der Waals surface area contributed by atoms with Gasteiger partial charge in [-0.3, -0.25) is 0 Å². The molecule has 2 aliphatic rings. The smallest absolute Gasteiger partial charge is 1.00 e. The van der Waals surface area contributed by atoms with Gasteiger partial charge in [0.1, 0.15) is 0 Å². The van der Waals surface area contributed by atoms with Crippen molar-refractivity contribution < 1.29 is 51.0 Å². The van der Waals surface area contributed by atoms with E-state index < -0.39 is 0 Å². The quantitative estimate of drug-likeness (QED) is 0.307. The Hall–Kier alpha value is -0.537. The van der Waals surface area contributed by atoms with Gasteiger partial charge < -0.3 is 24.8 Å². The fourth-order valence-corrected chi connectivity index (χ4v) is 7.93. The van der Waals surface area contributed by atoms with E-state index in [0.717, 1.165) is 28.2 Å². The number of rotatable bonds is 4. The first-order valence-corrected chi connectivity index (χ1v) is 14.2. The summed E-state index contributed by atoms with van der Waals surface area (Å²) in [6.07, 6.45) is 11.3. The summed E-state index contributed by atoms with van der Waals surface area (Å²) in [6, 6.07) is 32.8. The molecule has 35 heavy (non-hydrogen) atoms. The fourth-order valence-electron chi connectivity index (χ4n) is 5.17. The largest absolute Gasteiger partial charge is 4.00 e. The van der Waals surface area contributed by atoms with E-state index in [-0.39, 0.29) is 51.0 Å². The second kappa shape index (κ2) is 15.7. The Balaban J connectivity index is 0.000000227. The zero-order valence-corrected chi connectivity index (χ0v) is 26.0. The van der Waals surface area contributed by atoms with E-state index in [1.807, 2.05) is 0 Å². The molecule has 2 aromatic carbocycles. The summed E-state index contributed by atoms with van der Waals surface area (Å²) in [6.45, 7) is 0. The monoisotopic (exact) mass is 614 g/mol. The van der Waals surface area contributed by atoms with Crippen LogP contribution in [0.2, 0.25) is 0 Å². The van der Waals surface area contributed by atoms with Crippen molar-refractivity contribution in [3.63, 3.8) is 0 Å². The maximum Gasteiger partial charge on any atom is 4.00 e. The molecule has 2 saturated carbocycles. The van der Waals surface area contributed by atoms with Crippen LogP contribution in [0.1, 0.15) is 73.8 Å². The average molecular weight is 617 g/mol. The summed E-state index contributed by atoms with van der Waals surface area (Å²) in [5.74, 6) is 1.74. The molecule has 2 heterocycles. The topological polar surface area (TPSA) is 0 Å². The van der Waals surface area contributed by atoms with Crippen LogP contribution in [0.5, 0.6) is 0 Å². The number of hydrogen-bond donors (Lipinski definition) is 0. The molecule has 2 unspecified atom stereocenters. The van der Waals surface area contributed by atoms with Crippen LogP contribution in [0.15, 0.2) is 72.8 Å². The SMILES string of the molecule is [Cl-].[Cl-].[Zr+4].[c-]1cc(C2CCCC2)[pH]c1-c1ccccc1.[c-]1cc(C2CCCC2)[pH]c1-c1ccccc1. The van der Waals surface area contributed by atoms with Crippen molar-refractivity contribution >= 4 is 16.4 Å². The van der Waals surface area contributed by atoms with E-state index in [1.165, 1.54) is 73.1 Å². The second-order valence-corrected chi connectivity index (χ2v) is 11.8. The molecule has 0 nitrogen and oxygen atoms in total. The normalized spacial score (nSPS) is 15.8. The van der Waals surface area contributed by atoms with Crippen molar-refractivity contribution in [2.75, 3.05) is 0 Å². The van der Waals surface area contributed by atoms with Gasteiger partial charge in [-0.25, -0.2) is 16.4 Å². The Kier molecular flexibility index (Phi) is 13.7. The summed E-state index contributed by atoms with van der Waals surface area (Å²) in [4.78, 5) is 0. The molecular weight excluding hydrogens is 584 g/mol. The van der Waals surface area contributed by atoms with Gasteiger partial charge in [0.25, 0.3) is 0 Å². The molecule has 5 heteroatoms. The summed E-state index contributed by atoms with van der Waals surface area (Å²) in [5.41, 5.74) is 2.70. The van der Waals surface area contributed by atoms with Gasteiger partial charge >= 0.3 is 26.2 Å². The Morgan fingerprint density at radius 3 is 1.23 bits per heavy atom. The van der Waals surface area contributed by atoms with Crippen molar-refractivity contribution in [3.8, 4) is 21.7 Å². The third kappa shape index (κ3) is 8.22. The van der Waals surface area contributed by atoms with Gasteiger partial charge in [-0.15, -0.1) is 56.6 Å². The minimum Gasteiger partial charge on any atom is -1.00 e. The fraction of sp³-hybridized carbons (Fsp3) is 0.333. The number of benzene rings is 2. The molecule has 4 aromatic rings. The predicted octanol–water partition coefficient (Wildman–Crippen LogP) is 3.69. The van der Waals surface area contributed by atoms with Crippen LogP contribution in [-0.4, -0.2) is 0 Å². The van der Waals surface area contributed by atoms with Crippen LogP contribution in [-0.2, 0) is 26.2 Å². The van der Waals surface area contributed by atoms with E-state index in [9.17, 15) is 0 Å². The molecule has 6 rings (SSSR count). The molecule has 0 N–H and O–H groups in total. The van der Waals surface area contributed by atoms with Gasteiger partial charge in [0.2, 0.25) is 0 Å². The van der Waals surface area contributed by atoms with E-state index >= 15 is 0 Å². The van der Waals surface area contributed by atoms with Crippen LogP contribution in [0.3, 0.4) is 0 Å². The third-order valence-corrected chi connectivity index (χ3v) is 10.0. The van der Waals surface area contributed by atoms with Gasteiger partial charge in [-0.2, -0.15) is 24.3 Å². The van der Waals surface area contributed by atoms with E-state index in [4.69, 9.17) is 0 Å². The molecule has 2 atom stereocenters. The van der Waals surface area contributed by atoms with E-state index in [2.05, 4.69) is 84.9 Å². The van der Waals surface area contributed by atoms with Crippen LogP contribution in [0, 0.1) is 12.1 Å². The predicted molar refractivity (Wildman–Crippen MR) is 143 cm³/mol. The van der Waals surface area contributed by atoms with Crippen molar-refractivity contribution in [3.05, 3.63) is 95.5 Å². The van der Waals surface area contributed by atoms with E-state index in [1.54, 1.807) is 10.6 Å². The molecule has 180 valence electrons. The molecule has 0 aliphatic heterocycles. The zero-order valence-electron chi connectivity index (χ0n) is 20.0. The molecule has 0 radical (unpaired) electrons. The molecule has 0 spiro atoms. The van der Waals surface area contributed by atoms with Gasteiger partial charge in [0.05, 0.1) is 0 Å². The average Bonchev–Trinajstić information content (AvgIpc) is 3.67. The first-order chi connectivity index (χ1) is 15.9.